The number of fused-ring (bicyclic) bond motifs is 2. The second kappa shape index (κ2) is 10.1. The van der Waals surface area contributed by atoms with Crippen molar-refractivity contribution < 1.29 is 27.8 Å². The van der Waals surface area contributed by atoms with Crippen LogP contribution in [0.5, 0.6) is 5.75 Å². The number of nitrogens with one attached hydrogen (secondary N) is 1. The first-order valence-electron chi connectivity index (χ1n) is 13.9. The lowest BCUT2D eigenvalue weighted by Gasteiger charge is -2.43. The van der Waals surface area contributed by atoms with Crippen molar-refractivity contribution in [3.63, 3.8) is 0 Å². The number of rotatable bonds is 3. The molecule has 1 aromatic rings. The molecule has 0 radical (unpaired) electrons. The van der Waals surface area contributed by atoms with Gasteiger partial charge in [-0.05, 0) is 68.1 Å². The zero-order chi connectivity index (χ0) is 25.6. The number of sulfonamides is 1. The van der Waals surface area contributed by atoms with E-state index in [0.29, 0.717) is 37.9 Å². The van der Waals surface area contributed by atoms with Gasteiger partial charge < -0.3 is 24.8 Å². The molecule has 1 aromatic carbocycles. The fourth-order valence-electron chi connectivity index (χ4n) is 6.52. The smallest absolute Gasteiger partial charge is 0.247 e. The highest BCUT2D eigenvalue weighted by molar-refractivity contribution is 7.89. The normalized spacial score (nSPS) is 31.1. The number of aliphatic hydroxyl groups is 1. The third-order valence-corrected chi connectivity index (χ3v) is 11.0. The molecule has 0 bridgehead atoms. The van der Waals surface area contributed by atoms with E-state index in [2.05, 4.69) is 10.2 Å². The van der Waals surface area contributed by atoms with Crippen LogP contribution in [0.25, 0.3) is 0 Å². The molecule has 3 saturated heterocycles. The molecule has 1 aliphatic carbocycles. The predicted octanol–water partition coefficient (Wildman–Crippen LogP) is 1.85. The van der Waals surface area contributed by atoms with Gasteiger partial charge >= 0.3 is 0 Å². The van der Waals surface area contributed by atoms with Crippen molar-refractivity contribution in [1.29, 1.82) is 0 Å². The number of carbonyl (C=O) groups is 1. The molecule has 2 N–H and O–H groups in total. The third-order valence-electron chi connectivity index (χ3n) is 9.04. The van der Waals surface area contributed by atoms with Gasteiger partial charge in [0.05, 0.1) is 12.7 Å². The Morgan fingerprint density at radius 2 is 1.81 bits per heavy atom. The minimum Gasteiger partial charge on any atom is -0.492 e. The van der Waals surface area contributed by atoms with Gasteiger partial charge in [-0.25, -0.2) is 8.42 Å². The van der Waals surface area contributed by atoms with E-state index < -0.39 is 27.7 Å². The maximum atomic E-state index is 13.9. The van der Waals surface area contributed by atoms with Crippen molar-refractivity contribution in [1.82, 2.24) is 14.5 Å². The summed E-state index contributed by atoms with van der Waals surface area (Å²) in [4.78, 5) is 16.1. The van der Waals surface area contributed by atoms with Gasteiger partial charge in [0.2, 0.25) is 15.9 Å². The number of piperidine rings is 1. The van der Waals surface area contributed by atoms with Gasteiger partial charge in [0.25, 0.3) is 0 Å². The molecular weight excluding hydrogens is 494 g/mol. The lowest BCUT2D eigenvalue weighted by Crippen LogP contribution is -2.59. The first-order chi connectivity index (χ1) is 17.8. The van der Waals surface area contributed by atoms with Crippen molar-refractivity contribution in [3.05, 3.63) is 23.8 Å². The maximum Gasteiger partial charge on any atom is 0.247 e. The van der Waals surface area contributed by atoms with Crippen molar-refractivity contribution in [2.24, 2.45) is 5.92 Å². The van der Waals surface area contributed by atoms with Crippen molar-refractivity contribution >= 4 is 15.9 Å². The summed E-state index contributed by atoms with van der Waals surface area (Å²) in [6.07, 6.45) is 5.88. The molecule has 0 unspecified atom stereocenters. The van der Waals surface area contributed by atoms with E-state index in [4.69, 9.17) is 9.47 Å². The second-order valence-electron chi connectivity index (χ2n) is 11.7. The average Bonchev–Trinajstić information content (AvgIpc) is 3.62. The highest BCUT2D eigenvalue weighted by atomic mass is 32.2. The molecule has 2 atom stereocenters. The summed E-state index contributed by atoms with van der Waals surface area (Å²) >= 11 is 0. The predicted molar refractivity (Wildman–Crippen MR) is 137 cm³/mol. The number of carbonyl (C=O) groups excluding carboxylic acids is 1. The van der Waals surface area contributed by atoms with E-state index in [1.807, 2.05) is 12.1 Å². The van der Waals surface area contributed by atoms with E-state index in [9.17, 15) is 18.3 Å². The Morgan fingerprint density at radius 3 is 2.54 bits per heavy atom. The summed E-state index contributed by atoms with van der Waals surface area (Å²) in [7, 11) is -4.05. The Labute approximate surface area is 219 Å². The molecule has 37 heavy (non-hydrogen) atoms. The van der Waals surface area contributed by atoms with E-state index in [-0.39, 0.29) is 23.8 Å². The van der Waals surface area contributed by atoms with E-state index >= 15 is 0 Å². The van der Waals surface area contributed by atoms with Crippen molar-refractivity contribution in [2.45, 2.75) is 79.9 Å². The van der Waals surface area contributed by atoms with Gasteiger partial charge in [-0.1, -0.05) is 6.07 Å². The molecule has 1 saturated carbocycles. The summed E-state index contributed by atoms with van der Waals surface area (Å²) in [5, 5.41) is 13.7. The molecule has 4 fully saturated rings. The van der Waals surface area contributed by atoms with Gasteiger partial charge in [0, 0.05) is 57.8 Å². The topological polar surface area (TPSA) is 108 Å². The Bertz CT molecular complexity index is 1110. The number of nitrogens with zero attached hydrogens (tertiary/aromatic N) is 2. The summed E-state index contributed by atoms with van der Waals surface area (Å²) in [5.74, 6) is 1.16. The van der Waals surface area contributed by atoms with Crippen LogP contribution in [-0.4, -0.2) is 92.3 Å². The number of amides is 1. The summed E-state index contributed by atoms with van der Waals surface area (Å²) in [6.45, 7) is 4.58. The first-order valence-corrected chi connectivity index (χ1v) is 15.4. The Morgan fingerprint density at radius 1 is 1.05 bits per heavy atom. The highest BCUT2D eigenvalue weighted by Gasteiger charge is 2.47. The van der Waals surface area contributed by atoms with Gasteiger partial charge in [0.1, 0.15) is 16.7 Å². The number of hydrogen-bond donors (Lipinski definition) is 2. The van der Waals surface area contributed by atoms with Crippen LogP contribution in [0, 0.1) is 5.92 Å². The fourth-order valence-corrected chi connectivity index (χ4v) is 8.27. The van der Waals surface area contributed by atoms with Gasteiger partial charge in [0.15, 0.2) is 0 Å². The fraction of sp³-hybridized carbons (Fsp3) is 0.741. The summed E-state index contributed by atoms with van der Waals surface area (Å²) < 4.78 is 40.7. The number of aliphatic hydroxyl groups excluding tert-OH is 1. The molecule has 1 spiro atoms. The maximum absolute atomic E-state index is 13.9. The van der Waals surface area contributed by atoms with Crippen LogP contribution in [-0.2, 0) is 19.6 Å². The van der Waals surface area contributed by atoms with Crippen LogP contribution >= 0.6 is 0 Å². The standard InChI is InChI=1S/C27H39N3O6S/c31-22-16-23-26(32)28-27(7-10-29(11-8-27)17-19-1-2-19)9-14-36-24-15-21(20-5-12-35-13-6-20)3-4-25(24)37(33,34)30(23)18-22/h3-4,15,19-20,22-23,31H,1-2,5-14,16-18H2,(H,28,32)/t22-,23+/m1/s1. The molecule has 10 heteroatoms. The van der Waals surface area contributed by atoms with Crippen molar-refractivity contribution in [3.8, 4) is 5.75 Å². The number of hydrogen-bond acceptors (Lipinski definition) is 7. The lowest BCUT2D eigenvalue weighted by atomic mass is 9.84. The number of likely N-dealkylation sites (tertiary alicyclic amines) is 1. The van der Waals surface area contributed by atoms with Crippen molar-refractivity contribution in [2.75, 3.05) is 46.0 Å². The van der Waals surface area contributed by atoms with Gasteiger partial charge in [-0.3, -0.25) is 4.79 Å². The van der Waals surface area contributed by atoms with Crippen LogP contribution in [0.2, 0.25) is 0 Å². The lowest BCUT2D eigenvalue weighted by molar-refractivity contribution is -0.127. The molecule has 6 rings (SSSR count). The largest absolute Gasteiger partial charge is 0.492 e. The van der Waals surface area contributed by atoms with Gasteiger partial charge in [-0.15, -0.1) is 0 Å². The first kappa shape index (κ1) is 25.6. The SMILES string of the molecule is O=C1NC2(CCOc3cc(C4CCOCC4)ccc3S(=O)(=O)N3C[C@H](O)C[C@@H]13)CCN(CC1CC1)CC2. The van der Waals surface area contributed by atoms with Crippen LogP contribution in [0.15, 0.2) is 23.1 Å². The minimum atomic E-state index is -4.05. The quantitative estimate of drug-likeness (QED) is 0.611. The molecule has 0 aromatic heterocycles. The zero-order valence-electron chi connectivity index (χ0n) is 21.4. The monoisotopic (exact) mass is 533 g/mol. The summed E-state index contributed by atoms with van der Waals surface area (Å²) in [6, 6.07) is 4.44. The number of benzene rings is 1. The summed E-state index contributed by atoms with van der Waals surface area (Å²) in [5.41, 5.74) is 0.616. The molecule has 9 nitrogen and oxygen atoms in total. The van der Waals surface area contributed by atoms with Crippen LogP contribution in [0.3, 0.4) is 0 Å². The highest BCUT2D eigenvalue weighted by Crippen LogP contribution is 2.38. The molecule has 5 aliphatic rings. The second-order valence-corrected chi connectivity index (χ2v) is 13.5. The molecule has 4 heterocycles. The Hall–Kier alpha value is -1.72. The minimum absolute atomic E-state index is 0.0745. The zero-order valence-corrected chi connectivity index (χ0v) is 22.3. The van der Waals surface area contributed by atoms with Crippen LogP contribution in [0.4, 0.5) is 0 Å². The van der Waals surface area contributed by atoms with E-state index in [1.165, 1.54) is 17.1 Å². The Balaban J connectivity index is 1.31. The van der Waals surface area contributed by atoms with Crippen LogP contribution in [0.1, 0.15) is 62.8 Å². The van der Waals surface area contributed by atoms with Crippen LogP contribution < -0.4 is 10.1 Å². The Kier molecular flexibility index (Phi) is 6.98. The van der Waals surface area contributed by atoms with E-state index in [0.717, 1.165) is 56.8 Å². The molecule has 1 amide bonds. The molecule has 204 valence electrons. The average molecular weight is 534 g/mol. The molecular formula is C27H39N3O6S. The van der Waals surface area contributed by atoms with Gasteiger partial charge in [-0.2, -0.15) is 4.31 Å². The third kappa shape index (κ3) is 5.28. The number of ether oxygens (including phenoxy) is 2. The molecule has 4 aliphatic heterocycles. The van der Waals surface area contributed by atoms with E-state index in [1.54, 1.807) is 6.07 Å².